The fourth-order valence-electron chi connectivity index (χ4n) is 1.30. The van der Waals surface area contributed by atoms with Gasteiger partial charge in [-0.25, -0.2) is 0 Å². The highest BCUT2D eigenvalue weighted by molar-refractivity contribution is 5.84. The Hall–Kier alpha value is -0.570. The van der Waals surface area contributed by atoms with E-state index in [1.54, 1.807) is 0 Å². The van der Waals surface area contributed by atoms with E-state index >= 15 is 0 Å². The van der Waals surface area contributed by atoms with Crippen LogP contribution in [0.1, 0.15) is 40.5 Å². The maximum Gasteiger partial charge on any atom is 0.237 e. The summed E-state index contributed by atoms with van der Waals surface area (Å²) >= 11 is 0. The van der Waals surface area contributed by atoms with Crippen molar-refractivity contribution in [2.45, 2.75) is 46.1 Å². The molecule has 3 heteroatoms. The lowest BCUT2D eigenvalue weighted by Gasteiger charge is -2.33. The number of hydrogen-bond donors (Lipinski definition) is 2. The molecule has 0 rings (SSSR count). The normalized spacial score (nSPS) is 17.8. The number of primary amides is 1. The number of nitrogens with two attached hydrogens (primary N) is 1. The highest BCUT2D eigenvalue weighted by atomic mass is 16.1. The van der Waals surface area contributed by atoms with Crippen LogP contribution in [-0.4, -0.2) is 18.0 Å². The zero-order chi connectivity index (χ0) is 10.5. The minimum absolute atomic E-state index is 0.254. The molecule has 2 atom stereocenters. The Kier molecular flexibility index (Phi) is 4.99. The summed E-state index contributed by atoms with van der Waals surface area (Å²) in [4.78, 5) is 11.3. The Morgan fingerprint density at radius 2 is 2.08 bits per heavy atom. The third-order valence-corrected chi connectivity index (χ3v) is 2.85. The largest absolute Gasteiger partial charge is 0.368 e. The molecule has 3 N–H and O–H groups in total. The van der Waals surface area contributed by atoms with Crippen LogP contribution in [0, 0.1) is 5.92 Å². The second kappa shape index (κ2) is 5.22. The SMILES string of the molecule is CCCNC(C)(C(N)=O)C(C)CC. The molecule has 0 aromatic rings. The van der Waals surface area contributed by atoms with Crippen LogP contribution in [0.4, 0.5) is 0 Å². The van der Waals surface area contributed by atoms with E-state index in [0.717, 1.165) is 19.4 Å². The van der Waals surface area contributed by atoms with Gasteiger partial charge in [-0.3, -0.25) is 4.79 Å². The lowest BCUT2D eigenvalue weighted by molar-refractivity contribution is -0.125. The van der Waals surface area contributed by atoms with Crippen LogP contribution in [0.5, 0.6) is 0 Å². The predicted octanol–water partition coefficient (Wildman–Crippen LogP) is 1.28. The molecular formula is C10H22N2O. The fraction of sp³-hybridized carbons (Fsp3) is 0.900. The molecule has 0 saturated carbocycles. The van der Waals surface area contributed by atoms with Gasteiger partial charge in [-0.05, 0) is 25.8 Å². The van der Waals surface area contributed by atoms with Crippen LogP contribution in [0.2, 0.25) is 0 Å². The molecule has 0 aromatic carbocycles. The van der Waals surface area contributed by atoms with Crippen molar-refractivity contribution in [2.24, 2.45) is 11.7 Å². The zero-order valence-corrected chi connectivity index (χ0v) is 9.18. The Morgan fingerprint density at radius 3 is 2.38 bits per heavy atom. The molecule has 13 heavy (non-hydrogen) atoms. The molecule has 0 aliphatic heterocycles. The Bertz CT molecular complexity index is 170. The van der Waals surface area contributed by atoms with Crippen molar-refractivity contribution in [1.82, 2.24) is 5.32 Å². The molecule has 78 valence electrons. The van der Waals surface area contributed by atoms with Crippen molar-refractivity contribution in [3.8, 4) is 0 Å². The number of amides is 1. The Balaban J connectivity index is 4.42. The van der Waals surface area contributed by atoms with Crippen molar-refractivity contribution >= 4 is 5.91 Å². The smallest absolute Gasteiger partial charge is 0.237 e. The lowest BCUT2D eigenvalue weighted by Crippen LogP contribution is -2.57. The van der Waals surface area contributed by atoms with Crippen LogP contribution < -0.4 is 11.1 Å². The van der Waals surface area contributed by atoms with Crippen LogP contribution in [0.25, 0.3) is 0 Å². The maximum atomic E-state index is 11.3. The summed E-state index contributed by atoms with van der Waals surface area (Å²) < 4.78 is 0. The van der Waals surface area contributed by atoms with Crippen molar-refractivity contribution in [3.05, 3.63) is 0 Å². The van der Waals surface area contributed by atoms with E-state index < -0.39 is 5.54 Å². The second-order valence-corrected chi connectivity index (χ2v) is 3.80. The molecule has 0 aromatic heterocycles. The first kappa shape index (κ1) is 12.4. The first-order chi connectivity index (χ1) is 5.99. The first-order valence-corrected chi connectivity index (χ1v) is 5.03. The number of rotatable bonds is 6. The van der Waals surface area contributed by atoms with Gasteiger partial charge in [0.1, 0.15) is 0 Å². The molecule has 0 heterocycles. The van der Waals surface area contributed by atoms with Crippen molar-refractivity contribution in [1.29, 1.82) is 0 Å². The Labute approximate surface area is 81.1 Å². The summed E-state index contributed by atoms with van der Waals surface area (Å²) in [6, 6.07) is 0. The number of carbonyl (C=O) groups excluding carboxylic acids is 1. The van der Waals surface area contributed by atoms with E-state index in [1.807, 2.05) is 13.8 Å². The summed E-state index contributed by atoms with van der Waals surface area (Å²) in [6.45, 7) is 8.92. The van der Waals surface area contributed by atoms with Crippen molar-refractivity contribution < 1.29 is 4.79 Å². The zero-order valence-electron chi connectivity index (χ0n) is 9.18. The summed E-state index contributed by atoms with van der Waals surface area (Å²) in [5.41, 5.74) is 4.84. The molecule has 0 saturated heterocycles. The standard InChI is InChI=1S/C10H22N2O/c1-5-7-12-10(4,9(11)13)8(3)6-2/h8,12H,5-7H2,1-4H3,(H2,11,13). The molecule has 0 aliphatic rings. The van der Waals surface area contributed by atoms with Gasteiger partial charge in [-0.2, -0.15) is 0 Å². The summed E-state index contributed by atoms with van der Waals surface area (Å²) in [5, 5.41) is 3.22. The van der Waals surface area contributed by atoms with E-state index in [2.05, 4.69) is 19.2 Å². The van der Waals surface area contributed by atoms with Crippen molar-refractivity contribution in [2.75, 3.05) is 6.54 Å². The molecule has 3 nitrogen and oxygen atoms in total. The van der Waals surface area contributed by atoms with Crippen LogP contribution in [0.15, 0.2) is 0 Å². The highest BCUT2D eigenvalue weighted by Gasteiger charge is 2.35. The average molecular weight is 186 g/mol. The fourth-order valence-corrected chi connectivity index (χ4v) is 1.30. The van der Waals surface area contributed by atoms with Crippen LogP contribution in [-0.2, 0) is 4.79 Å². The van der Waals surface area contributed by atoms with Crippen LogP contribution in [0.3, 0.4) is 0 Å². The molecule has 0 bridgehead atoms. The van der Waals surface area contributed by atoms with Gasteiger partial charge in [0.2, 0.25) is 5.91 Å². The van der Waals surface area contributed by atoms with Gasteiger partial charge in [-0.1, -0.05) is 27.2 Å². The number of hydrogen-bond acceptors (Lipinski definition) is 2. The summed E-state index contributed by atoms with van der Waals surface area (Å²) in [5.74, 6) is 0.0202. The molecule has 1 amide bonds. The van der Waals surface area contributed by atoms with Crippen molar-refractivity contribution in [3.63, 3.8) is 0 Å². The third-order valence-electron chi connectivity index (χ3n) is 2.85. The van der Waals surface area contributed by atoms with E-state index in [-0.39, 0.29) is 11.8 Å². The van der Waals surface area contributed by atoms with Gasteiger partial charge in [-0.15, -0.1) is 0 Å². The molecule has 2 unspecified atom stereocenters. The third kappa shape index (κ3) is 2.99. The van der Waals surface area contributed by atoms with E-state index in [0.29, 0.717) is 0 Å². The lowest BCUT2D eigenvalue weighted by atomic mass is 9.84. The van der Waals surface area contributed by atoms with Gasteiger partial charge in [0, 0.05) is 0 Å². The quantitative estimate of drug-likeness (QED) is 0.656. The summed E-state index contributed by atoms with van der Waals surface area (Å²) in [6.07, 6.45) is 1.97. The van der Waals surface area contributed by atoms with Gasteiger partial charge in [0.05, 0.1) is 5.54 Å². The van der Waals surface area contributed by atoms with E-state index in [1.165, 1.54) is 0 Å². The van der Waals surface area contributed by atoms with Gasteiger partial charge in [0.15, 0.2) is 0 Å². The highest BCUT2D eigenvalue weighted by Crippen LogP contribution is 2.19. The summed E-state index contributed by atoms with van der Waals surface area (Å²) in [7, 11) is 0. The molecule has 0 radical (unpaired) electrons. The van der Waals surface area contributed by atoms with E-state index in [9.17, 15) is 4.79 Å². The maximum absolute atomic E-state index is 11.3. The molecule has 0 fully saturated rings. The predicted molar refractivity (Wildman–Crippen MR) is 55.3 cm³/mol. The minimum Gasteiger partial charge on any atom is -0.368 e. The number of nitrogens with one attached hydrogen (secondary N) is 1. The van der Waals surface area contributed by atoms with Gasteiger partial charge in [0.25, 0.3) is 0 Å². The van der Waals surface area contributed by atoms with E-state index in [4.69, 9.17) is 5.73 Å². The first-order valence-electron chi connectivity index (χ1n) is 5.03. The van der Waals surface area contributed by atoms with Gasteiger partial charge < -0.3 is 11.1 Å². The van der Waals surface area contributed by atoms with Crippen LogP contribution >= 0.6 is 0 Å². The second-order valence-electron chi connectivity index (χ2n) is 3.80. The minimum atomic E-state index is -0.551. The van der Waals surface area contributed by atoms with Gasteiger partial charge >= 0.3 is 0 Å². The Morgan fingerprint density at radius 1 is 1.54 bits per heavy atom. The molecule has 0 aliphatic carbocycles. The number of carbonyl (C=O) groups is 1. The topological polar surface area (TPSA) is 55.1 Å². The monoisotopic (exact) mass is 186 g/mol. The molecule has 0 spiro atoms. The molecular weight excluding hydrogens is 164 g/mol. The average Bonchev–Trinajstić information content (AvgIpc) is 2.12.